The summed E-state index contributed by atoms with van der Waals surface area (Å²) in [7, 11) is 0. The smallest absolute Gasteiger partial charge is 0.444 e. The minimum absolute atomic E-state index is 0.0633. The number of halogens is 3. The number of aliphatic imine (C=N–C) groups is 1. The molecule has 1 fully saturated rings. The lowest BCUT2D eigenvalue weighted by molar-refractivity contribution is -0.0734. The number of rotatable bonds is 10. The van der Waals surface area contributed by atoms with Crippen LogP contribution in [0.4, 0.5) is 13.2 Å². The summed E-state index contributed by atoms with van der Waals surface area (Å²) >= 11 is 0. The van der Waals surface area contributed by atoms with E-state index in [1.807, 2.05) is 0 Å². The summed E-state index contributed by atoms with van der Waals surface area (Å²) in [5.41, 5.74) is 0.781. The van der Waals surface area contributed by atoms with Gasteiger partial charge < -0.3 is 30.1 Å². The molecule has 0 spiro atoms. The number of aliphatic hydroxyl groups excluding tert-OH is 1. The standard InChI is InChI=1S/C28H29F3N4O6/c1-3-41-27(28(29,30)31)34-18(2)19-7-9-20(10-8-19)24(37)33-16-23-17-40-14-12-35(23)26(39)22-6-4-5-21(15-22)25(38)32-11-13-36/h3-10,15,23,36H,1-2,11-14,16-17H2,(H,32,38)(H,33,37). The molecule has 1 atom stereocenters. The highest BCUT2D eigenvalue weighted by Crippen LogP contribution is 2.23. The van der Waals surface area contributed by atoms with Crippen LogP contribution in [0.5, 0.6) is 0 Å². The second kappa shape index (κ2) is 14.2. The number of ether oxygens (including phenoxy) is 2. The molecule has 0 bridgehead atoms. The van der Waals surface area contributed by atoms with Crippen LogP contribution in [-0.2, 0) is 9.47 Å². The third-order valence-electron chi connectivity index (χ3n) is 5.91. The Kier molecular flexibility index (Phi) is 10.8. The van der Waals surface area contributed by atoms with Crippen LogP contribution in [0.1, 0.15) is 36.6 Å². The van der Waals surface area contributed by atoms with Gasteiger partial charge >= 0.3 is 12.1 Å². The molecule has 13 heteroatoms. The van der Waals surface area contributed by atoms with Crippen molar-refractivity contribution in [2.75, 3.05) is 39.5 Å². The normalized spacial score (nSPS) is 15.6. The van der Waals surface area contributed by atoms with Crippen molar-refractivity contribution in [2.45, 2.75) is 12.2 Å². The van der Waals surface area contributed by atoms with Crippen LogP contribution >= 0.6 is 0 Å². The molecule has 3 amide bonds. The fourth-order valence-corrected chi connectivity index (χ4v) is 3.87. The van der Waals surface area contributed by atoms with Gasteiger partial charge in [-0.1, -0.05) is 31.4 Å². The number of carbonyl (C=O) groups is 3. The summed E-state index contributed by atoms with van der Waals surface area (Å²) in [4.78, 5) is 43.2. The van der Waals surface area contributed by atoms with Crippen LogP contribution in [0.3, 0.4) is 0 Å². The average molecular weight is 575 g/mol. The van der Waals surface area contributed by atoms with Crippen LogP contribution in [0.15, 0.2) is 72.9 Å². The Morgan fingerprint density at radius 2 is 1.73 bits per heavy atom. The molecule has 2 aromatic carbocycles. The van der Waals surface area contributed by atoms with Crippen molar-refractivity contribution in [3.05, 3.63) is 90.2 Å². The molecule has 1 unspecified atom stereocenters. The van der Waals surface area contributed by atoms with Gasteiger partial charge in [0.1, 0.15) is 0 Å². The lowest BCUT2D eigenvalue weighted by Gasteiger charge is -2.35. The molecular weight excluding hydrogens is 545 g/mol. The zero-order valence-corrected chi connectivity index (χ0v) is 21.9. The second-order valence-electron chi connectivity index (χ2n) is 8.72. The second-order valence-corrected chi connectivity index (χ2v) is 8.72. The summed E-state index contributed by atoms with van der Waals surface area (Å²) in [6.07, 6.45) is -4.23. The third-order valence-corrected chi connectivity index (χ3v) is 5.91. The minimum Gasteiger partial charge on any atom is -0.444 e. The van der Waals surface area contributed by atoms with Gasteiger partial charge in [0.2, 0.25) is 0 Å². The molecule has 1 heterocycles. The summed E-state index contributed by atoms with van der Waals surface area (Å²) in [5, 5.41) is 14.2. The Balaban J connectivity index is 1.65. The molecule has 3 N–H and O–H groups in total. The number of aliphatic hydroxyl groups is 1. The van der Waals surface area contributed by atoms with E-state index < -0.39 is 29.9 Å². The SMILES string of the molecule is C=COC(=NC(=C)c1ccc(C(=O)NCC2COCCN2C(=O)c2cccc(C(=O)NCCO)c2)cc1)C(F)(F)F. The van der Waals surface area contributed by atoms with E-state index in [2.05, 4.69) is 33.5 Å². The average Bonchev–Trinajstić information content (AvgIpc) is 2.97. The summed E-state index contributed by atoms with van der Waals surface area (Å²) in [5.74, 6) is -2.76. The maximum atomic E-state index is 13.3. The Hall–Kier alpha value is -4.49. The molecule has 1 saturated heterocycles. The van der Waals surface area contributed by atoms with Gasteiger partial charge in [0, 0.05) is 36.3 Å². The zero-order valence-electron chi connectivity index (χ0n) is 21.9. The van der Waals surface area contributed by atoms with E-state index in [0.29, 0.717) is 12.9 Å². The van der Waals surface area contributed by atoms with Gasteiger partial charge in [0.05, 0.1) is 37.8 Å². The van der Waals surface area contributed by atoms with E-state index in [4.69, 9.17) is 9.84 Å². The van der Waals surface area contributed by atoms with Crippen molar-refractivity contribution < 1.29 is 42.1 Å². The molecule has 41 heavy (non-hydrogen) atoms. The maximum Gasteiger partial charge on any atom is 0.468 e. The van der Waals surface area contributed by atoms with Crippen molar-refractivity contribution in [1.29, 1.82) is 0 Å². The molecule has 218 valence electrons. The molecule has 1 aliphatic heterocycles. The first-order valence-electron chi connectivity index (χ1n) is 12.4. The predicted molar refractivity (Wildman–Crippen MR) is 144 cm³/mol. The highest BCUT2D eigenvalue weighted by Gasteiger charge is 2.38. The molecule has 10 nitrogen and oxygen atoms in total. The summed E-state index contributed by atoms with van der Waals surface area (Å²) in [6, 6.07) is 11.3. The number of benzene rings is 2. The van der Waals surface area contributed by atoms with E-state index in [1.54, 1.807) is 23.1 Å². The molecular formula is C28H29F3N4O6. The van der Waals surface area contributed by atoms with E-state index >= 15 is 0 Å². The number of carbonyl (C=O) groups excluding carboxylic acids is 3. The van der Waals surface area contributed by atoms with Crippen LogP contribution in [0.2, 0.25) is 0 Å². The number of hydrogen-bond acceptors (Lipinski definition) is 7. The van der Waals surface area contributed by atoms with Gasteiger partial charge in [-0.05, 0) is 35.9 Å². The lowest BCUT2D eigenvalue weighted by Crippen LogP contribution is -2.53. The topological polar surface area (TPSA) is 130 Å². The molecule has 0 aromatic heterocycles. The Bertz CT molecular complexity index is 1310. The first kappa shape index (κ1) is 31.0. The quantitative estimate of drug-likeness (QED) is 0.227. The lowest BCUT2D eigenvalue weighted by atomic mass is 10.1. The van der Waals surface area contributed by atoms with Gasteiger partial charge in [-0.15, -0.1) is 0 Å². The molecule has 1 aliphatic rings. The van der Waals surface area contributed by atoms with Gasteiger partial charge in [-0.2, -0.15) is 13.2 Å². The molecule has 2 aromatic rings. The fourth-order valence-electron chi connectivity index (χ4n) is 3.87. The number of nitrogens with zero attached hydrogens (tertiary/aromatic N) is 2. The van der Waals surface area contributed by atoms with Crippen molar-refractivity contribution in [1.82, 2.24) is 15.5 Å². The zero-order chi connectivity index (χ0) is 30.0. The van der Waals surface area contributed by atoms with Crippen LogP contribution in [0, 0.1) is 0 Å². The van der Waals surface area contributed by atoms with Crippen LogP contribution < -0.4 is 10.6 Å². The summed E-state index contributed by atoms with van der Waals surface area (Å²) < 4.78 is 48.8. The minimum atomic E-state index is -4.84. The highest BCUT2D eigenvalue weighted by molar-refractivity contribution is 6.00. The first-order chi connectivity index (χ1) is 19.5. The summed E-state index contributed by atoms with van der Waals surface area (Å²) in [6.45, 7) is 7.30. The van der Waals surface area contributed by atoms with Crippen LogP contribution in [-0.4, -0.2) is 85.3 Å². The largest absolute Gasteiger partial charge is 0.468 e. The Morgan fingerprint density at radius 3 is 2.39 bits per heavy atom. The molecule has 0 aliphatic carbocycles. The van der Waals surface area contributed by atoms with Crippen molar-refractivity contribution in [3.63, 3.8) is 0 Å². The van der Waals surface area contributed by atoms with Gasteiger partial charge in [-0.25, -0.2) is 4.99 Å². The number of morpholine rings is 1. The number of amides is 3. The molecule has 0 saturated carbocycles. The van der Waals surface area contributed by atoms with Gasteiger partial charge in [0.25, 0.3) is 17.7 Å². The molecule has 0 radical (unpaired) electrons. The first-order valence-corrected chi connectivity index (χ1v) is 12.4. The van der Waals surface area contributed by atoms with Crippen LogP contribution in [0.25, 0.3) is 5.70 Å². The Morgan fingerprint density at radius 1 is 1.07 bits per heavy atom. The third kappa shape index (κ3) is 8.50. The Labute approximate surface area is 234 Å². The maximum absolute atomic E-state index is 13.3. The van der Waals surface area contributed by atoms with Gasteiger partial charge in [-0.3, -0.25) is 14.4 Å². The molecule has 3 rings (SSSR count). The van der Waals surface area contributed by atoms with Crippen molar-refractivity contribution in [2.24, 2.45) is 4.99 Å². The van der Waals surface area contributed by atoms with E-state index in [1.165, 1.54) is 30.3 Å². The monoisotopic (exact) mass is 574 g/mol. The highest BCUT2D eigenvalue weighted by atomic mass is 19.4. The van der Waals surface area contributed by atoms with E-state index in [0.717, 1.165) is 0 Å². The number of hydrogen-bond donors (Lipinski definition) is 3. The number of alkyl halides is 3. The van der Waals surface area contributed by atoms with E-state index in [9.17, 15) is 27.6 Å². The number of nitrogens with one attached hydrogen (secondary N) is 2. The van der Waals surface area contributed by atoms with Crippen molar-refractivity contribution in [3.8, 4) is 0 Å². The van der Waals surface area contributed by atoms with E-state index in [-0.39, 0.29) is 66.7 Å². The van der Waals surface area contributed by atoms with Gasteiger partial charge in [0.15, 0.2) is 0 Å². The fraction of sp³-hybridized carbons (Fsp3) is 0.286. The predicted octanol–water partition coefficient (Wildman–Crippen LogP) is 2.77. The van der Waals surface area contributed by atoms with Crippen molar-refractivity contribution >= 4 is 29.3 Å².